The first-order valence-corrected chi connectivity index (χ1v) is 19.0. The maximum atomic E-state index is 2.49. The molecule has 1 heterocycles. The minimum absolute atomic E-state index is 1.11. The molecule has 1 aromatic heterocycles. The van der Waals surface area contributed by atoms with Crippen molar-refractivity contribution in [1.82, 2.24) is 0 Å². The van der Waals surface area contributed by atoms with Gasteiger partial charge in [0.25, 0.3) is 0 Å². The van der Waals surface area contributed by atoms with Crippen LogP contribution in [0, 0.1) is 6.92 Å². The van der Waals surface area contributed by atoms with Crippen molar-refractivity contribution >= 4 is 70.1 Å². The van der Waals surface area contributed by atoms with Crippen molar-refractivity contribution in [2.45, 2.75) is 6.92 Å². The summed E-state index contributed by atoms with van der Waals surface area (Å²) in [6.45, 7) is 2.19. The monoisotopic (exact) mass is 693 g/mol. The average Bonchev–Trinajstić information content (AvgIpc) is 3.59. The minimum Gasteiger partial charge on any atom is -0.309 e. The molecule has 0 bridgehead atoms. The first kappa shape index (κ1) is 31.3. The third-order valence-corrected chi connectivity index (χ3v) is 11.7. The van der Waals surface area contributed by atoms with Gasteiger partial charge in [-0.25, -0.2) is 0 Å². The van der Waals surface area contributed by atoms with Gasteiger partial charge in [-0.2, -0.15) is 0 Å². The molecule has 0 amide bonds. The predicted molar refractivity (Wildman–Crippen MR) is 230 cm³/mol. The molecule has 0 N–H and O–H groups in total. The first-order chi connectivity index (χ1) is 26.2. The lowest BCUT2D eigenvalue weighted by Crippen LogP contribution is -2.11. The molecule has 0 aliphatic rings. The van der Waals surface area contributed by atoms with Crippen molar-refractivity contribution in [2.75, 3.05) is 4.90 Å². The maximum Gasteiger partial charge on any atom is 0.0633 e. The molecule has 250 valence electrons. The highest BCUT2D eigenvalue weighted by Gasteiger charge is 2.23. The third kappa shape index (κ3) is 5.47. The SMILES string of the molecule is Cc1ccc2sc3ccc(-c4ccccc4)c(N(c4ccc(-c5cccc6ccccc56)cc4)c4ccc(-c5cccc6ccccc56)cc4)c3c2c1. The number of aryl methyl sites for hydroxylation is 1. The zero-order valence-electron chi connectivity index (χ0n) is 29.3. The van der Waals surface area contributed by atoms with Gasteiger partial charge in [-0.1, -0.05) is 157 Å². The Bertz CT molecular complexity index is 2800. The number of rotatable bonds is 6. The van der Waals surface area contributed by atoms with E-state index in [-0.39, 0.29) is 0 Å². The topological polar surface area (TPSA) is 3.24 Å². The van der Waals surface area contributed by atoms with E-state index in [4.69, 9.17) is 0 Å². The van der Waals surface area contributed by atoms with Gasteiger partial charge in [0, 0.05) is 37.1 Å². The fourth-order valence-corrected chi connectivity index (χ4v) is 9.08. The van der Waals surface area contributed by atoms with Crippen LogP contribution in [0.2, 0.25) is 0 Å². The molecule has 10 aromatic rings. The van der Waals surface area contributed by atoms with Gasteiger partial charge in [-0.3, -0.25) is 0 Å². The molecule has 2 heteroatoms. The molecule has 1 nitrogen and oxygen atoms in total. The van der Waals surface area contributed by atoms with E-state index in [0.29, 0.717) is 0 Å². The summed E-state index contributed by atoms with van der Waals surface area (Å²) in [5, 5.41) is 7.61. The van der Waals surface area contributed by atoms with Crippen molar-refractivity contribution in [3.05, 3.63) is 200 Å². The lowest BCUT2D eigenvalue weighted by molar-refractivity contribution is 1.30. The Morgan fingerprint density at radius 2 is 0.887 bits per heavy atom. The molecule has 0 aliphatic carbocycles. The Kier molecular flexibility index (Phi) is 7.63. The van der Waals surface area contributed by atoms with E-state index < -0.39 is 0 Å². The van der Waals surface area contributed by atoms with Gasteiger partial charge in [0.05, 0.1) is 5.69 Å². The lowest BCUT2D eigenvalue weighted by atomic mass is 9.95. The summed E-state index contributed by atoms with van der Waals surface area (Å²) in [4.78, 5) is 2.49. The molecule has 0 saturated heterocycles. The summed E-state index contributed by atoms with van der Waals surface area (Å²) in [6.07, 6.45) is 0. The molecule has 53 heavy (non-hydrogen) atoms. The van der Waals surface area contributed by atoms with Gasteiger partial charge in [0.2, 0.25) is 0 Å². The Labute approximate surface area is 313 Å². The second-order valence-corrected chi connectivity index (χ2v) is 14.9. The van der Waals surface area contributed by atoms with Gasteiger partial charge in [-0.05, 0) is 98.8 Å². The molecule has 0 saturated carbocycles. The Balaban J connectivity index is 1.22. The molecule has 0 aliphatic heterocycles. The number of hydrogen-bond acceptors (Lipinski definition) is 2. The number of thiophene rings is 1. The molecular formula is C51H35NS. The van der Waals surface area contributed by atoms with Crippen molar-refractivity contribution in [1.29, 1.82) is 0 Å². The van der Waals surface area contributed by atoms with Crippen LogP contribution in [-0.2, 0) is 0 Å². The van der Waals surface area contributed by atoms with Gasteiger partial charge < -0.3 is 4.90 Å². The Morgan fingerprint density at radius 1 is 0.377 bits per heavy atom. The van der Waals surface area contributed by atoms with Crippen LogP contribution in [0.5, 0.6) is 0 Å². The van der Waals surface area contributed by atoms with E-state index in [1.54, 1.807) is 0 Å². The average molecular weight is 694 g/mol. The summed E-state index contributed by atoms with van der Waals surface area (Å²) in [5.41, 5.74) is 12.0. The van der Waals surface area contributed by atoms with E-state index in [9.17, 15) is 0 Å². The molecule has 0 unspecified atom stereocenters. The molecule has 0 atom stereocenters. The summed E-state index contributed by atoms with van der Waals surface area (Å²) in [6, 6.07) is 71.1. The van der Waals surface area contributed by atoms with Gasteiger partial charge in [0.15, 0.2) is 0 Å². The summed E-state index contributed by atoms with van der Waals surface area (Å²) in [5.74, 6) is 0. The smallest absolute Gasteiger partial charge is 0.0633 e. The highest BCUT2D eigenvalue weighted by atomic mass is 32.1. The van der Waals surface area contributed by atoms with Crippen LogP contribution in [0.15, 0.2) is 194 Å². The van der Waals surface area contributed by atoms with E-state index in [1.807, 2.05) is 11.3 Å². The summed E-state index contributed by atoms with van der Waals surface area (Å²) in [7, 11) is 0. The van der Waals surface area contributed by atoms with Crippen LogP contribution in [0.1, 0.15) is 5.56 Å². The highest BCUT2D eigenvalue weighted by molar-refractivity contribution is 7.26. The lowest BCUT2D eigenvalue weighted by Gasteiger charge is -2.29. The molecule has 0 spiro atoms. The standard InChI is InChI=1S/C51H35NS/c1-34-21-31-48-47(33-34)50-49(53-48)32-30-46(37-11-3-2-4-12-37)51(50)52(40-26-22-38(23-27-40)44-19-9-15-35-13-5-7-17-42(35)44)41-28-24-39(25-29-41)45-20-10-16-36-14-6-8-18-43(36)45/h2-33H,1H3. The van der Waals surface area contributed by atoms with E-state index in [0.717, 1.165) is 11.4 Å². The molecular weight excluding hydrogens is 659 g/mol. The number of anilines is 3. The number of nitrogens with zero attached hydrogens (tertiary/aromatic N) is 1. The van der Waals surface area contributed by atoms with Gasteiger partial charge in [-0.15, -0.1) is 11.3 Å². The summed E-state index contributed by atoms with van der Waals surface area (Å²) < 4.78 is 2.58. The van der Waals surface area contributed by atoms with Crippen molar-refractivity contribution in [2.24, 2.45) is 0 Å². The molecule has 9 aromatic carbocycles. The zero-order chi connectivity index (χ0) is 35.3. The number of fused-ring (bicyclic) bond motifs is 5. The second-order valence-electron chi connectivity index (χ2n) is 13.8. The van der Waals surface area contributed by atoms with E-state index in [2.05, 4.69) is 206 Å². The van der Waals surface area contributed by atoms with Crippen LogP contribution in [-0.4, -0.2) is 0 Å². The van der Waals surface area contributed by atoms with Crippen LogP contribution in [0.4, 0.5) is 17.1 Å². The molecule has 0 fully saturated rings. The highest BCUT2D eigenvalue weighted by Crippen LogP contribution is 2.50. The molecule has 10 rings (SSSR count). The number of benzene rings is 9. The molecule has 0 radical (unpaired) electrons. The Hall–Kier alpha value is -6.48. The number of hydrogen-bond donors (Lipinski definition) is 0. The zero-order valence-corrected chi connectivity index (χ0v) is 30.1. The fraction of sp³-hybridized carbons (Fsp3) is 0.0196. The fourth-order valence-electron chi connectivity index (χ4n) is 7.99. The minimum atomic E-state index is 1.11. The van der Waals surface area contributed by atoms with E-state index >= 15 is 0 Å². The van der Waals surface area contributed by atoms with Crippen molar-refractivity contribution in [3.63, 3.8) is 0 Å². The van der Waals surface area contributed by atoms with Crippen LogP contribution in [0.3, 0.4) is 0 Å². The van der Waals surface area contributed by atoms with Crippen molar-refractivity contribution < 1.29 is 0 Å². The van der Waals surface area contributed by atoms with Gasteiger partial charge in [0.1, 0.15) is 0 Å². The Morgan fingerprint density at radius 3 is 1.49 bits per heavy atom. The second kappa shape index (κ2) is 12.9. The van der Waals surface area contributed by atoms with Crippen LogP contribution >= 0.6 is 11.3 Å². The third-order valence-electron chi connectivity index (χ3n) is 10.5. The quantitative estimate of drug-likeness (QED) is 0.168. The van der Waals surface area contributed by atoms with Crippen LogP contribution < -0.4 is 4.90 Å². The van der Waals surface area contributed by atoms with Gasteiger partial charge >= 0.3 is 0 Å². The first-order valence-electron chi connectivity index (χ1n) is 18.2. The van der Waals surface area contributed by atoms with Crippen molar-refractivity contribution in [3.8, 4) is 33.4 Å². The summed E-state index contributed by atoms with van der Waals surface area (Å²) >= 11 is 1.87. The maximum absolute atomic E-state index is 2.49. The normalized spacial score (nSPS) is 11.5. The van der Waals surface area contributed by atoms with E-state index in [1.165, 1.54) is 86.3 Å². The van der Waals surface area contributed by atoms with Crippen LogP contribution in [0.25, 0.3) is 75.1 Å². The predicted octanol–water partition coefficient (Wildman–Crippen LogP) is 15.1. The largest absolute Gasteiger partial charge is 0.309 e.